The topological polar surface area (TPSA) is 178 Å². The fraction of sp³-hybridized carbons (Fsp3) is 0.359. The molecule has 10 nitrogen and oxygen atoms in total. The number of halogens is 1. The van der Waals surface area contributed by atoms with E-state index in [1.54, 1.807) is 58.1 Å². The highest BCUT2D eigenvalue weighted by Gasteiger charge is 2.38. The van der Waals surface area contributed by atoms with Crippen molar-refractivity contribution in [3.8, 4) is 5.75 Å². The highest BCUT2D eigenvalue weighted by Crippen LogP contribution is 2.37. The highest BCUT2D eigenvalue weighted by molar-refractivity contribution is 6.51. The van der Waals surface area contributed by atoms with E-state index < -0.39 is 81.0 Å². The molecule has 0 radical (unpaired) electrons. The molecule has 0 spiro atoms. The van der Waals surface area contributed by atoms with E-state index >= 15 is 0 Å². The number of rotatable bonds is 0. The molecule has 0 aromatic heterocycles. The number of nitrogens with one attached hydrogen (secondary N) is 1. The number of Topliss-reactive ketones (excluding diaryl/α,β-unsaturated/α-hetero) is 4. The first-order valence-electron chi connectivity index (χ1n) is 16.3. The third kappa shape index (κ3) is 9.60. The van der Waals surface area contributed by atoms with Crippen LogP contribution in [0.4, 0.5) is 0 Å². The van der Waals surface area contributed by atoms with Gasteiger partial charge in [0.1, 0.15) is 16.5 Å². The molecular formula is C39H44ClNO9. The maximum Gasteiger partial charge on any atom is 0.248 e. The predicted octanol–water partition coefficient (Wildman–Crippen LogP) is 5.30. The first kappa shape index (κ1) is 40.0. The average molecular weight is 706 g/mol. The normalized spacial score (nSPS) is 31.4. The van der Waals surface area contributed by atoms with Crippen LogP contribution in [0.5, 0.6) is 5.75 Å². The van der Waals surface area contributed by atoms with E-state index in [2.05, 4.69) is 5.32 Å². The van der Waals surface area contributed by atoms with Crippen LogP contribution in [0.15, 0.2) is 88.7 Å². The third-order valence-corrected chi connectivity index (χ3v) is 9.13. The molecule has 1 aromatic carbocycles. The second-order valence-electron chi connectivity index (χ2n) is 12.8. The van der Waals surface area contributed by atoms with Crippen LogP contribution in [0, 0.1) is 24.7 Å². The lowest BCUT2D eigenvalue weighted by molar-refractivity contribution is -0.118. The second kappa shape index (κ2) is 17.4. The molecular weight excluding hydrogens is 662 g/mol. The number of carbonyl (C=O) groups is 5. The number of hydrogen-bond donors (Lipinski definition) is 5. The van der Waals surface area contributed by atoms with Gasteiger partial charge in [0.2, 0.25) is 17.5 Å². The molecule has 0 fully saturated rings. The van der Waals surface area contributed by atoms with Crippen molar-refractivity contribution in [3.63, 3.8) is 0 Å². The van der Waals surface area contributed by atoms with Crippen LogP contribution in [0.1, 0.15) is 84.1 Å². The van der Waals surface area contributed by atoms with Crippen molar-refractivity contribution in [2.24, 2.45) is 17.8 Å². The highest BCUT2D eigenvalue weighted by atomic mass is 35.5. The number of phenols is 1. The SMILES string of the molecule is C/C1=C\C[C@H](O)/C=C/[C@H](C)[C@H](O)[C@@H](C)/C=C(\C)C(=O)c2c(O)c(C)cc3c2C(=O)C(Cl)=C(NC(=O)/C=C/C=C\C=C\[C@H](C)[C@@H](O)CC1=O)C3=O. The summed E-state index contributed by atoms with van der Waals surface area (Å²) in [6.07, 6.45) is 12.2. The average Bonchev–Trinajstić information content (AvgIpc) is 3.07. The molecule has 0 saturated carbocycles. The number of hydrogen-bond acceptors (Lipinski definition) is 9. The van der Waals surface area contributed by atoms with Gasteiger partial charge >= 0.3 is 0 Å². The minimum absolute atomic E-state index is 0.0807. The molecule has 1 amide bonds. The Morgan fingerprint density at radius 2 is 1.42 bits per heavy atom. The summed E-state index contributed by atoms with van der Waals surface area (Å²) in [6, 6.07) is 1.25. The predicted molar refractivity (Wildman–Crippen MR) is 191 cm³/mol. The number of fused-ring (bicyclic) bond motifs is 18. The summed E-state index contributed by atoms with van der Waals surface area (Å²) in [4.78, 5) is 66.2. The van der Waals surface area contributed by atoms with E-state index in [4.69, 9.17) is 11.6 Å². The lowest BCUT2D eigenvalue weighted by Crippen LogP contribution is -2.33. The van der Waals surface area contributed by atoms with Crippen molar-refractivity contribution in [2.75, 3.05) is 0 Å². The van der Waals surface area contributed by atoms with Gasteiger partial charge in [0, 0.05) is 41.4 Å². The van der Waals surface area contributed by atoms with Gasteiger partial charge in [-0.1, -0.05) is 87.1 Å². The number of phenolic OH excluding ortho intramolecular Hbond substituents is 1. The second-order valence-corrected chi connectivity index (χ2v) is 13.2. The summed E-state index contributed by atoms with van der Waals surface area (Å²) in [5, 5.41) is 44.7. The molecule has 4 bridgehead atoms. The van der Waals surface area contributed by atoms with E-state index in [1.165, 1.54) is 44.2 Å². The van der Waals surface area contributed by atoms with Crippen molar-refractivity contribution < 1.29 is 44.4 Å². The number of amides is 1. The number of carbonyl (C=O) groups excluding carboxylic acids is 5. The molecule has 6 atom stereocenters. The summed E-state index contributed by atoms with van der Waals surface area (Å²) >= 11 is 6.31. The monoisotopic (exact) mass is 705 g/mol. The van der Waals surface area contributed by atoms with Crippen molar-refractivity contribution in [3.05, 3.63) is 111 Å². The van der Waals surface area contributed by atoms with Crippen LogP contribution in [-0.2, 0) is 9.59 Å². The van der Waals surface area contributed by atoms with Crippen LogP contribution >= 0.6 is 11.6 Å². The van der Waals surface area contributed by atoms with Gasteiger partial charge in [0.15, 0.2) is 11.6 Å². The summed E-state index contributed by atoms with van der Waals surface area (Å²) < 4.78 is 0. The van der Waals surface area contributed by atoms with Crippen LogP contribution in [0.2, 0.25) is 0 Å². The van der Waals surface area contributed by atoms with Crippen LogP contribution in [0.3, 0.4) is 0 Å². The summed E-state index contributed by atoms with van der Waals surface area (Å²) in [7, 11) is 0. The molecule has 3 aliphatic rings. The summed E-state index contributed by atoms with van der Waals surface area (Å²) in [5.41, 5.74) is -0.886. The van der Waals surface area contributed by atoms with Gasteiger partial charge in [-0.3, -0.25) is 24.0 Å². The number of ketones is 4. The molecule has 1 aromatic rings. The largest absolute Gasteiger partial charge is 0.507 e. The van der Waals surface area contributed by atoms with E-state index in [1.807, 2.05) is 0 Å². The zero-order valence-electron chi connectivity index (χ0n) is 28.9. The first-order chi connectivity index (χ1) is 23.5. The zero-order valence-corrected chi connectivity index (χ0v) is 29.7. The molecule has 0 saturated heterocycles. The van der Waals surface area contributed by atoms with Gasteiger partial charge in [0.25, 0.3) is 0 Å². The molecule has 1 aliphatic carbocycles. The lowest BCUT2D eigenvalue weighted by Gasteiger charge is -2.23. The van der Waals surface area contributed by atoms with Gasteiger partial charge in [0.05, 0.1) is 23.9 Å². The number of aryl methyl sites for hydroxylation is 1. The Bertz CT molecular complexity index is 1770. The number of allylic oxidation sites excluding steroid dienone is 8. The molecule has 50 heavy (non-hydrogen) atoms. The fourth-order valence-electron chi connectivity index (χ4n) is 5.51. The number of aliphatic hydroxyl groups is 3. The Morgan fingerprint density at radius 1 is 0.760 bits per heavy atom. The Kier molecular flexibility index (Phi) is 13.9. The zero-order chi connectivity index (χ0) is 37.4. The van der Waals surface area contributed by atoms with Crippen molar-refractivity contribution >= 4 is 40.6 Å². The van der Waals surface area contributed by atoms with Crippen molar-refractivity contribution in [2.45, 2.75) is 72.7 Å². The minimum Gasteiger partial charge on any atom is -0.507 e. The molecule has 0 unspecified atom stereocenters. The lowest BCUT2D eigenvalue weighted by atomic mass is 9.83. The Balaban J connectivity index is 2.05. The van der Waals surface area contributed by atoms with Gasteiger partial charge < -0.3 is 25.7 Å². The van der Waals surface area contributed by atoms with Gasteiger partial charge in [-0.25, -0.2) is 0 Å². The maximum atomic E-state index is 13.8. The molecule has 5 N–H and O–H groups in total. The number of benzene rings is 1. The van der Waals surface area contributed by atoms with Crippen LogP contribution in [-0.4, -0.2) is 67.8 Å². The standard InChI is InChI=1S/C39H44ClNO9/c1-20-11-9-7-8-10-12-30(45)41-34-33(40)39(50)31-27(38(34)49)18-25(6)37(48)32(31)36(47)24(5)17-23(4)35(46)22(3)14-16-26(42)15-13-21(2)29(44)19-28(20)43/h7-14,16-18,20,22-23,26,28,35,42-43,46,48H,15,19H2,1-6H3,(H,41,45)/b8-7-,11-9+,12-10+,16-14+,21-13+,24-17+/t20-,22-,23-,26-,28-,35-/m0/s1. The molecule has 2 heterocycles. The van der Waals surface area contributed by atoms with Crippen molar-refractivity contribution in [1.29, 1.82) is 0 Å². The number of aliphatic hydroxyl groups excluding tert-OH is 3. The van der Waals surface area contributed by atoms with E-state index in [-0.39, 0.29) is 41.2 Å². The first-order valence-corrected chi connectivity index (χ1v) is 16.7. The van der Waals surface area contributed by atoms with Crippen LogP contribution in [0.25, 0.3) is 0 Å². The van der Waals surface area contributed by atoms with E-state index in [9.17, 15) is 44.4 Å². The Morgan fingerprint density at radius 3 is 2.10 bits per heavy atom. The third-order valence-electron chi connectivity index (χ3n) is 8.77. The smallest absolute Gasteiger partial charge is 0.248 e. The van der Waals surface area contributed by atoms with E-state index in [0.29, 0.717) is 5.57 Å². The quantitative estimate of drug-likeness (QED) is 0.224. The number of aromatic hydroxyl groups is 1. The fourth-order valence-corrected chi connectivity index (χ4v) is 5.73. The van der Waals surface area contributed by atoms with E-state index in [0.717, 1.165) is 6.08 Å². The Labute approximate surface area is 296 Å². The molecule has 4 rings (SSSR count). The summed E-state index contributed by atoms with van der Waals surface area (Å²) in [6.45, 7) is 9.66. The Hall–Kier alpha value is -4.48. The minimum atomic E-state index is -1.01. The van der Waals surface area contributed by atoms with Gasteiger partial charge in [-0.05, 0) is 50.0 Å². The van der Waals surface area contributed by atoms with Crippen molar-refractivity contribution in [1.82, 2.24) is 5.32 Å². The molecule has 266 valence electrons. The summed E-state index contributed by atoms with van der Waals surface area (Å²) in [5.74, 6) is -5.52. The van der Waals surface area contributed by atoms with Gasteiger partial charge in [-0.2, -0.15) is 0 Å². The molecule has 2 aliphatic heterocycles. The molecule has 11 heteroatoms. The maximum absolute atomic E-state index is 13.8. The van der Waals surface area contributed by atoms with Crippen LogP contribution < -0.4 is 5.32 Å². The van der Waals surface area contributed by atoms with Gasteiger partial charge in [-0.15, -0.1) is 0 Å².